The number of hydrogen-bond acceptors (Lipinski definition) is 2. The standard InChI is InChI=1S/C21H22FNO/c22-19-14-8-7-13-18(19)20-23-15-21(24-20,16-9-3-1-4-10-16)17-11-5-2-6-12-17/h1,3-4,7-10,13-14,17H,2,5-6,11-12,15H2. The van der Waals surface area contributed by atoms with Crippen LogP contribution in [0.3, 0.4) is 0 Å². The van der Waals surface area contributed by atoms with E-state index in [1.165, 1.54) is 25.3 Å². The summed E-state index contributed by atoms with van der Waals surface area (Å²) in [4.78, 5) is 4.63. The molecule has 124 valence electrons. The van der Waals surface area contributed by atoms with Gasteiger partial charge in [0, 0.05) is 5.92 Å². The van der Waals surface area contributed by atoms with Gasteiger partial charge in [-0.2, -0.15) is 0 Å². The number of hydrogen-bond donors (Lipinski definition) is 0. The molecule has 2 aromatic carbocycles. The molecule has 0 aromatic heterocycles. The molecule has 0 bridgehead atoms. The van der Waals surface area contributed by atoms with Crippen molar-refractivity contribution in [3.8, 4) is 0 Å². The Hall–Kier alpha value is -2.16. The van der Waals surface area contributed by atoms with Crippen LogP contribution in [0.1, 0.15) is 43.2 Å². The van der Waals surface area contributed by atoms with E-state index in [1.54, 1.807) is 12.1 Å². The molecule has 0 saturated heterocycles. The third kappa shape index (κ3) is 2.62. The van der Waals surface area contributed by atoms with Gasteiger partial charge in [0.2, 0.25) is 5.90 Å². The van der Waals surface area contributed by atoms with Crippen molar-refractivity contribution in [2.24, 2.45) is 10.9 Å². The van der Waals surface area contributed by atoms with Gasteiger partial charge in [-0.3, -0.25) is 0 Å². The summed E-state index contributed by atoms with van der Waals surface area (Å²) in [6, 6.07) is 17.1. The first kappa shape index (κ1) is 15.4. The molecule has 0 radical (unpaired) electrons. The van der Waals surface area contributed by atoms with Crippen molar-refractivity contribution in [2.45, 2.75) is 37.7 Å². The maximum absolute atomic E-state index is 14.2. The molecule has 0 spiro atoms. The number of aliphatic imine (C=N–C) groups is 1. The van der Waals surface area contributed by atoms with E-state index in [0.717, 1.165) is 18.4 Å². The molecule has 0 amide bonds. The largest absolute Gasteiger partial charge is 0.464 e. The molecule has 1 atom stereocenters. The smallest absolute Gasteiger partial charge is 0.220 e. The molecular formula is C21H22FNO. The maximum Gasteiger partial charge on any atom is 0.220 e. The zero-order valence-corrected chi connectivity index (χ0v) is 13.7. The minimum atomic E-state index is -0.445. The van der Waals surface area contributed by atoms with Crippen LogP contribution < -0.4 is 0 Å². The minimum Gasteiger partial charge on any atom is -0.464 e. The summed E-state index contributed by atoms with van der Waals surface area (Å²) in [6.07, 6.45) is 6.06. The molecule has 2 aromatic rings. The maximum atomic E-state index is 14.2. The van der Waals surface area contributed by atoms with Crippen LogP contribution in [0.4, 0.5) is 4.39 Å². The molecule has 1 heterocycles. The van der Waals surface area contributed by atoms with Gasteiger partial charge in [0.25, 0.3) is 0 Å². The van der Waals surface area contributed by atoms with Crippen molar-refractivity contribution in [1.82, 2.24) is 0 Å². The second-order valence-electron chi connectivity index (χ2n) is 6.79. The van der Waals surface area contributed by atoms with E-state index in [0.29, 0.717) is 23.9 Å². The second-order valence-corrected chi connectivity index (χ2v) is 6.79. The molecule has 1 aliphatic carbocycles. The predicted molar refractivity (Wildman–Crippen MR) is 93.6 cm³/mol. The van der Waals surface area contributed by atoms with E-state index >= 15 is 0 Å². The zero-order chi connectivity index (χ0) is 16.4. The molecule has 1 aliphatic heterocycles. The molecular weight excluding hydrogens is 301 g/mol. The summed E-state index contributed by atoms with van der Waals surface area (Å²) in [6.45, 7) is 0.575. The topological polar surface area (TPSA) is 21.6 Å². The molecule has 2 nitrogen and oxygen atoms in total. The van der Waals surface area contributed by atoms with Gasteiger partial charge in [-0.05, 0) is 30.5 Å². The third-order valence-corrected chi connectivity index (χ3v) is 5.37. The van der Waals surface area contributed by atoms with Crippen molar-refractivity contribution in [3.05, 3.63) is 71.5 Å². The van der Waals surface area contributed by atoms with E-state index in [9.17, 15) is 4.39 Å². The van der Waals surface area contributed by atoms with E-state index in [2.05, 4.69) is 17.1 Å². The Morgan fingerprint density at radius 3 is 2.38 bits per heavy atom. The third-order valence-electron chi connectivity index (χ3n) is 5.37. The van der Waals surface area contributed by atoms with Crippen LogP contribution in [0.5, 0.6) is 0 Å². The number of ether oxygens (including phenoxy) is 1. The number of halogens is 1. The number of rotatable bonds is 3. The van der Waals surface area contributed by atoms with Gasteiger partial charge in [-0.25, -0.2) is 9.38 Å². The lowest BCUT2D eigenvalue weighted by Crippen LogP contribution is -2.40. The normalized spacial score (nSPS) is 24.5. The lowest BCUT2D eigenvalue weighted by atomic mass is 9.73. The second kappa shape index (κ2) is 6.39. The van der Waals surface area contributed by atoms with E-state index in [-0.39, 0.29) is 5.82 Å². The zero-order valence-electron chi connectivity index (χ0n) is 13.7. The first-order chi connectivity index (χ1) is 11.8. The summed E-state index contributed by atoms with van der Waals surface area (Å²) in [5, 5.41) is 0. The molecule has 4 rings (SSSR count). The lowest BCUT2D eigenvalue weighted by molar-refractivity contribution is 0.00171. The number of benzene rings is 2. The molecule has 0 N–H and O–H groups in total. The summed E-state index contributed by atoms with van der Waals surface area (Å²) in [5.74, 6) is 0.605. The van der Waals surface area contributed by atoms with E-state index < -0.39 is 5.60 Å². The first-order valence-corrected chi connectivity index (χ1v) is 8.83. The molecule has 1 saturated carbocycles. The SMILES string of the molecule is Fc1ccccc1C1=NCC(c2ccccc2)(C2CCCCC2)O1. The van der Waals surface area contributed by atoms with Gasteiger partial charge in [0.05, 0.1) is 12.1 Å². The fourth-order valence-electron chi connectivity index (χ4n) is 4.09. The molecule has 24 heavy (non-hydrogen) atoms. The fraction of sp³-hybridized carbons (Fsp3) is 0.381. The van der Waals surface area contributed by atoms with Gasteiger partial charge in [-0.15, -0.1) is 0 Å². The van der Waals surface area contributed by atoms with E-state index in [4.69, 9.17) is 4.74 Å². The van der Waals surface area contributed by atoms with Crippen LogP contribution >= 0.6 is 0 Å². The highest BCUT2D eigenvalue weighted by Gasteiger charge is 2.47. The van der Waals surface area contributed by atoms with Gasteiger partial charge in [0.1, 0.15) is 5.82 Å². The minimum absolute atomic E-state index is 0.274. The van der Waals surface area contributed by atoms with Crippen LogP contribution in [0.15, 0.2) is 59.6 Å². The monoisotopic (exact) mass is 323 g/mol. The van der Waals surface area contributed by atoms with Crippen molar-refractivity contribution in [3.63, 3.8) is 0 Å². The van der Waals surface area contributed by atoms with Gasteiger partial charge in [-0.1, -0.05) is 61.7 Å². The molecule has 1 unspecified atom stereocenters. The summed E-state index contributed by atoms with van der Waals surface area (Å²) in [7, 11) is 0. The molecule has 1 fully saturated rings. The average molecular weight is 323 g/mol. The van der Waals surface area contributed by atoms with Crippen LogP contribution in [-0.2, 0) is 10.3 Å². The van der Waals surface area contributed by atoms with Crippen molar-refractivity contribution >= 4 is 5.90 Å². The average Bonchev–Trinajstić information content (AvgIpc) is 3.10. The Labute approximate surface area is 142 Å². The lowest BCUT2D eigenvalue weighted by Gasteiger charge is -2.39. The number of nitrogens with zero attached hydrogens (tertiary/aromatic N) is 1. The first-order valence-electron chi connectivity index (χ1n) is 8.83. The van der Waals surface area contributed by atoms with Crippen molar-refractivity contribution < 1.29 is 9.13 Å². The van der Waals surface area contributed by atoms with Crippen molar-refractivity contribution in [1.29, 1.82) is 0 Å². The van der Waals surface area contributed by atoms with Gasteiger partial charge in [0.15, 0.2) is 5.60 Å². The van der Waals surface area contributed by atoms with Crippen LogP contribution in [0.2, 0.25) is 0 Å². The van der Waals surface area contributed by atoms with Crippen LogP contribution in [-0.4, -0.2) is 12.4 Å². The van der Waals surface area contributed by atoms with Crippen molar-refractivity contribution in [2.75, 3.05) is 6.54 Å². The highest BCUT2D eigenvalue weighted by atomic mass is 19.1. The fourth-order valence-corrected chi connectivity index (χ4v) is 4.09. The quantitative estimate of drug-likeness (QED) is 0.772. The highest BCUT2D eigenvalue weighted by molar-refractivity contribution is 5.95. The van der Waals surface area contributed by atoms with Gasteiger partial charge >= 0.3 is 0 Å². The van der Waals surface area contributed by atoms with Crippen LogP contribution in [0, 0.1) is 11.7 Å². The highest BCUT2D eigenvalue weighted by Crippen LogP contribution is 2.45. The predicted octanol–water partition coefficient (Wildman–Crippen LogP) is 5.08. The summed E-state index contributed by atoms with van der Waals surface area (Å²) >= 11 is 0. The Kier molecular flexibility index (Phi) is 4.09. The Morgan fingerprint density at radius 2 is 1.62 bits per heavy atom. The Morgan fingerprint density at radius 1 is 0.917 bits per heavy atom. The van der Waals surface area contributed by atoms with Gasteiger partial charge < -0.3 is 4.74 Å². The van der Waals surface area contributed by atoms with E-state index in [1.807, 2.05) is 24.3 Å². The summed E-state index contributed by atoms with van der Waals surface area (Å²) < 4.78 is 20.6. The van der Waals surface area contributed by atoms with Crippen LogP contribution in [0.25, 0.3) is 0 Å². The Bertz CT molecular complexity index is 737. The summed E-state index contributed by atoms with van der Waals surface area (Å²) in [5.41, 5.74) is 1.18. The Balaban J connectivity index is 1.70. The molecule has 3 heteroatoms. The molecule has 2 aliphatic rings.